The third-order valence-electron chi connectivity index (χ3n) is 2.07. The van der Waals surface area contributed by atoms with Gasteiger partial charge in [0.2, 0.25) is 0 Å². The molecule has 1 rings (SSSR count). The van der Waals surface area contributed by atoms with Crippen molar-refractivity contribution in [3.05, 3.63) is 24.1 Å². The van der Waals surface area contributed by atoms with Crippen LogP contribution in [0.2, 0.25) is 0 Å². The molecule has 1 fully saturated rings. The lowest BCUT2D eigenvalue weighted by Crippen LogP contribution is -2.01. The fraction of sp³-hybridized carbons (Fsp3) is 0.600. The molecule has 0 atom stereocenters. The summed E-state index contributed by atoms with van der Waals surface area (Å²) in [4.78, 5) is 0. The molecule has 0 radical (unpaired) electrons. The van der Waals surface area contributed by atoms with E-state index in [0.29, 0.717) is 0 Å². The van der Waals surface area contributed by atoms with Crippen molar-refractivity contribution in [1.82, 2.24) is 0 Å². The molecule has 0 heteroatoms. The van der Waals surface area contributed by atoms with E-state index < -0.39 is 0 Å². The van der Waals surface area contributed by atoms with Gasteiger partial charge in [-0.05, 0) is 31.4 Å². The zero-order chi connectivity index (χ0) is 7.23. The van der Waals surface area contributed by atoms with Crippen LogP contribution in [0.1, 0.15) is 32.1 Å². The van der Waals surface area contributed by atoms with Crippen LogP contribution in [0.5, 0.6) is 0 Å². The van der Waals surface area contributed by atoms with Gasteiger partial charge in [0.05, 0.1) is 0 Å². The Labute approximate surface area is 62.9 Å². The van der Waals surface area contributed by atoms with Gasteiger partial charge in [-0.1, -0.05) is 30.7 Å². The van der Waals surface area contributed by atoms with Gasteiger partial charge in [0.15, 0.2) is 0 Å². The van der Waals surface area contributed by atoms with E-state index in [0.717, 1.165) is 5.92 Å². The molecule has 0 unspecified atom stereocenters. The van der Waals surface area contributed by atoms with Crippen molar-refractivity contribution in [2.75, 3.05) is 0 Å². The van der Waals surface area contributed by atoms with Crippen molar-refractivity contribution in [3.8, 4) is 0 Å². The summed E-state index contributed by atoms with van der Waals surface area (Å²) in [6.45, 7) is 3.48. The standard InChI is InChI=1S/C10H14/c1-2-3-7-10-8-5-4-6-9-10/h7,10H,1,4-6,8-9H2. The van der Waals surface area contributed by atoms with Gasteiger partial charge < -0.3 is 0 Å². The highest BCUT2D eigenvalue weighted by Crippen LogP contribution is 2.23. The van der Waals surface area contributed by atoms with Gasteiger partial charge in [0.1, 0.15) is 0 Å². The number of allylic oxidation sites excluding steroid dienone is 1. The van der Waals surface area contributed by atoms with Crippen molar-refractivity contribution in [2.45, 2.75) is 32.1 Å². The van der Waals surface area contributed by atoms with E-state index >= 15 is 0 Å². The van der Waals surface area contributed by atoms with E-state index in [9.17, 15) is 0 Å². The highest BCUT2D eigenvalue weighted by atomic mass is 14.1. The van der Waals surface area contributed by atoms with Crippen molar-refractivity contribution in [1.29, 1.82) is 0 Å². The second-order valence-corrected chi connectivity index (χ2v) is 2.89. The van der Waals surface area contributed by atoms with E-state index in [1.165, 1.54) is 32.1 Å². The van der Waals surface area contributed by atoms with Crippen LogP contribution in [0, 0.1) is 5.92 Å². The maximum Gasteiger partial charge on any atom is -0.0151 e. The van der Waals surface area contributed by atoms with Crippen LogP contribution >= 0.6 is 0 Å². The fourth-order valence-electron chi connectivity index (χ4n) is 1.48. The second-order valence-electron chi connectivity index (χ2n) is 2.89. The zero-order valence-electron chi connectivity index (χ0n) is 6.40. The Balaban J connectivity index is 2.39. The molecule has 1 saturated carbocycles. The van der Waals surface area contributed by atoms with Crippen LogP contribution in [-0.2, 0) is 0 Å². The summed E-state index contributed by atoms with van der Waals surface area (Å²) in [6, 6.07) is 0. The molecular formula is C10H14. The van der Waals surface area contributed by atoms with Gasteiger partial charge in [-0.25, -0.2) is 0 Å². The molecule has 0 aliphatic heterocycles. The molecule has 0 amide bonds. The molecule has 1 aliphatic rings. The lowest BCUT2D eigenvalue weighted by Gasteiger charge is -2.16. The average Bonchev–Trinajstić information content (AvgIpc) is 2.03. The smallest absolute Gasteiger partial charge is 0.0151 e. The molecule has 0 saturated heterocycles. The van der Waals surface area contributed by atoms with Gasteiger partial charge >= 0.3 is 0 Å². The molecule has 0 bridgehead atoms. The second kappa shape index (κ2) is 4.17. The van der Waals surface area contributed by atoms with Crippen LogP contribution in [0.25, 0.3) is 0 Å². The molecule has 0 aromatic carbocycles. The highest BCUT2D eigenvalue weighted by molar-refractivity contribution is 4.88. The largest absolute Gasteiger partial charge is 0.0785 e. The summed E-state index contributed by atoms with van der Waals surface area (Å²) >= 11 is 0. The van der Waals surface area contributed by atoms with Crippen molar-refractivity contribution in [2.24, 2.45) is 5.92 Å². The van der Waals surface area contributed by atoms with Gasteiger partial charge in [-0.3, -0.25) is 0 Å². The minimum Gasteiger partial charge on any atom is -0.0785 e. The maximum absolute atomic E-state index is 3.48. The number of rotatable bonds is 1. The van der Waals surface area contributed by atoms with Crippen LogP contribution in [0.15, 0.2) is 24.1 Å². The van der Waals surface area contributed by atoms with Crippen molar-refractivity contribution >= 4 is 0 Å². The van der Waals surface area contributed by atoms with E-state index in [-0.39, 0.29) is 0 Å². The van der Waals surface area contributed by atoms with Gasteiger partial charge in [-0.15, -0.1) is 0 Å². The van der Waals surface area contributed by atoms with Crippen LogP contribution in [0.4, 0.5) is 0 Å². The minimum atomic E-state index is 0.767. The Kier molecular flexibility index (Phi) is 3.09. The number of hydrogen-bond acceptors (Lipinski definition) is 0. The Morgan fingerprint density at radius 1 is 1.20 bits per heavy atom. The molecule has 0 heterocycles. The summed E-state index contributed by atoms with van der Waals surface area (Å²) in [5.41, 5.74) is 5.59. The summed E-state index contributed by atoms with van der Waals surface area (Å²) < 4.78 is 0. The molecule has 0 aromatic heterocycles. The monoisotopic (exact) mass is 134 g/mol. The minimum absolute atomic E-state index is 0.767. The summed E-state index contributed by atoms with van der Waals surface area (Å²) in [6.07, 6.45) is 9.00. The SMILES string of the molecule is C=C=C=CC1CCCCC1. The predicted octanol–water partition coefficient (Wildman–Crippen LogP) is 3.06. The molecule has 54 valence electrons. The van der Waals surface area contributed by atoms with Gasteiger partial charge in [0.25, 0.3) is 0 Å². The predicted molar refractivity (Wildman–Crippen MR) is 43.8 cm³/mol. The molecule has 0 nitrogen and oxygen atoms in total. The molecule has 1 aliphatic carbocycles. The van der Waals surface area contributed by atoms with E-state index in [1.54, 1.807) is 0 Å². The maximum atomic E-state index is 3.48. The normalized spacial score (nSPS) is 19.2. The first-order chi connectivity index (χ1) is 4.93. The number of hydrogen-bond donors (Lipinski definition) is 0. The summed E-state index contributed by atoms with van der Waals surface area (Å²) in [7, 11) is 0. The van der Waals surface area contributed by atoms with E-state index in [1.807, 2.05) is 0 Å². The zero-order valence-corrected chi connectivity index (χ0v) is 6.40. The Morgan fingerprint density at radius 2 is 1.90 bits per heavy atom. The topological polar surface area (TPSA) is 0 Å². The van der Waals surface area contributed by atoms with Crippen molar-refractivity contribution < 1.29 is 0 Å². The van der Waals surface area contributed by atoms with Crippen LogP contribution in [0.3, 0.4) is 0 Å². The third kappa shape index (κ3) is 2.27. The van der Waals surface area contributed by atoms with Crippen LogP contribution in [-0.4, -0.2) is 0 Å². The van der Waals surface area contributed by atoms with Crippen LogP contribution < -0.4 is 0 Å². The van der Waals surface area contributed by atoms with Gasteiger partial charge in [0, 0.05) is 0 Å². The molecule has 0 aromatic rings. The molecule has 10 heavy (non-hydrogen) atoms. The Morgan fingerprint density at radius 3 is 2.50 bits per heavy atom. The Hall–Kier alpha value is -0.700. The summed E-state index contributed by atoms with van der Waals surface area (Å²) in [5, 5.41) is 0. The first kappa shape index (κ1) is 7.41. The molecule has 0 N–H and O–H groups in total. The lowest BCUT2D eigenvalue weighted by molar-refractivity contribution is 0.420. The summed E-state index contributed by atoms with van der Waals surface area (Å²) in [5.74, 6) is 0.767. The Bertz CT molecular complexity index is 160. The van der Waals surface area contributed by atoms with E-state index in [4.69, 9.17) is 0 Å². The highest BCUT2D eigenvalue weighted by Gasteiger charge is 2.08. The quantitative estimate of drug-likeness (QED) is 0.483. The van der Waals surface area contributed by atoms with Crippen molar-refractivity contribution in [3.63, 3.8) is 0 Å². The first-order valence-corrected chi connectivity index (χ1v) is 4.04. The first-order valence-electron chi connectivity index (χ1n) is 4.04. The fourth-order valence-corrected chi connectivity index (χ4v) is 1.48. The van der Waals surface area contributed by atoms with E-state index in [2.05, 4.69) is 24.1 Å². The average molecular weight is 134 g/mol. The third-order valence-corrected chi connectivity index (χ3v) is 2.07. The molecular weight excluding hydrogens is 120 g/mol. The molecule has 0 spiro atoms. The van der Waals surface area contributed by atoms with Gasteiger partial charge in [-0.2, -0.15) is 0 Å². The lowest BCUT2D eigenvalue weighted by atomic mass is 9.89.